The van der Waals surface area contributed by atoms with Crippen molar-refractivity contribution >= 4 is 80.0 Å². The van der Waals surface area contributed by atoms with Crippen molar-refractivity contribution in [3.05, 3.63) is 30.3 Å². The van der Waals surface area contributed by atoms with Crippen molar-refractivity contribution in [2.24, 2.45) is 0 Å². The van der Waals surface area contributed by atoms with Crippen molar-refractivity contribution in [3.63, 3.8) is 0 Å². The summed E-state index contributed by atoms with van der Waals surface area (Å²) < 4.78 is 9.34. The molecule has 1 aromatic rings. The first-order valence-corrected chi connectivity index (χ1v) is 8.44. The minimum atomic E-state index is -3.07. The Labute approximate surface area is 117 Å². The highest BCUT2D eigenvalue weighted by Gasteiger charge is 2.15. The van der Waals surface area contributed by atoms with Crippen LogP contribution in [0.25, 0.3) is 0 Å². The van der Waals surface area contributed by atoms with Crippen LogP contribution in [0.15, 0.2) is 30.3 Å². The summed E-state index contributed by atoms with van der Waals surface area (Å²) in [7, 11) is 0. The van der Waals surface area contributed by atoms with E-state index in [1.54, 1.807) is 24.3 Å². The second-order valence-electron chi connectivity index (χ2n) is 2.23. The average Bonchev–Trinajstić information content (AvgIpc) is 2.01. The second kappa shape index (κ2) is 6.81. The normalized spacial score (nSPS) is 11.6. The molecule has 15 heavy (non-hydrogen) atoms. The highest BCUT2D eigenvalue weighted by molar-refractivity contribution is 8.13. The van der Waals surface area contributed by atoms with E-state index in [4.69, 9.17) is 68.9 Å². The largest absolute Gasteiger partial charge is 0.284 e. The maximum Gasteiger partial charge on any atom is 0.281 e. The zero-order valence-electron chi connectivity index (χ0n) is 7.01. The number of hydrogen-bond acceptors (Lipinski definition) is 1. The standard InChI is InChI=1S/C6H5Cl2OP.CCl4/c7-10(8,9)6-4-2-1-3-5-6;2-1(3,4)5/h1-5H;. The molecule has 0 aliphatic heterocycles. The van der Waals surface area contributed by atoms with E-state index in [9.17, 15) is 4.57 Å². The van der Waals surface area contributed by atoms with Crippen LogP contribution in [0.4, 0.5) is 0 Å². The molecule has 0 amide bonds. The molecule has 0 saturated heterocycles. The molecule has 0 atom stereocenters. The lowest BCUT2D eigenvalue weighted by molar-refractivity contribution is 0.597. The van der Waals surface area contributed by atoms with Crippen molar-refractivity contribution in [3.8, 4) is 0 Å². The van der Waals surface area contributed by atoms with Crippen molar-refractivity contribution in [2.75, 3.05) is 0 Å². The van der Waals surface area contributed by atoms with Crippen LogP contribution < -0.4 is 5.30 Å². The van der Waals surface area contributed by atoms with E-state index in [-0.39, 0.29) is 0 Å². The summed E-state index contributed by atoms with van der Waals surface area (Å²) in [6.45, 7) is 0. The maximum atomic E-state index is 10.9. The van der Waals surface area contributed by atoms with Crippen LogP contribution in [0.1, 0.15) is 0 Å². The van der Waals surface area contributed by atoms with E-state index >= 15 is 0 Å². The summed E-state index contributed by atoms with van der Waals surface area (Å²) in [5, 5.41) is 0.485. The molecule has 0 bridgehead atoms. The highest BCUT2D eigenvalue weighted by atomic mass is 35.9. The number of halogens is 6. The van der Waals surface area contributed by atoms with E-state index in [0.717, 1.165) is 0 Å². The molecular formula is C7H5Cl6OP. The van der Waals surface area contributed by atoms with Crippen LogP contribution in [0.5, 0.6) is 0 Å². The van der Waals surface area contributed by atoms with Gasteiger partial charge >= 0.3 is 0 Å². The summed E-state index contributed by atoms with van der Waals surface area (Å²) in [6, 6.07) is 8.58. The van der Waals surface area contributed by atoms with Gasteiger partial charge in [0.1, 0.15) is 0 Å². The van der Waals surface area contributed by atoms with Gasteiger partial charge in [0.2, 0.25) is 0 Å². The SMILES string of the molecule is ClC(Cl)(Cl)Cl.O=P(Cl)(Cl)c1ccccc1. The molecule has 0 aliphatic carbocycles. The molecule has 0 fully saturated rings. The number of rotatable bonds is 1. The van der Waals surface area contributed by atoms with Crippen molar-refractivity contribution in [1.29, 1.82) is 0 Å². The average molecular weight is 349 g/mol. The topological polar surface area (TPSA) is 17.1 Å². The lowest BCUT2D eigenvalue weighted by Crippen LogP contribution is -1.93. The third-order valence-electron chi connectivity index (χ3n) is 1.06. The van der Waals surface area contributed by atoms with Crippen LogP contribution >= 0.6 is 74.7 Å². The Morgan fingerprint density at radius 3 is 1.47 bits per heavy atom. The molecule has 0 N–H and O–H groups in total. The molecule has 1 rings (SSSR count). The summed E-state index contributed by atoms with van der Waals surface area (Å²) in [6.07, 6.45) is 0. The summed E-state index contributed by atoms with van der Waals surface area (Å²) >= 11 is 30.1. The molecule has 0 heterocycles. The summed E-state index contributed by atoms with van der Waals surface area (Å²) in [5.41, 5.74) is 0. The fourth-order valence-electron chi connectivity index (χ4n) is 0.602. The smallest absolute Gasteiger partial charge is 0.281 e. The van der Waals surface area contributed by atoms with Gasteiger partial charge in [-0.1, -0.05) is 64.6 Å². The van der Waals surface area contributed by atoms with Crippen molar-refractivity contribution < 1.29 is 4.57 Å². The van der Waals surface area contributed by atoms with E-state index in [1.807, 2.05) is 6.07 Å². The molecule has 0 unspecified atom stereocenters. The Balaban J connectivity index is 0.000000336. The molecule has 0 aliphatic rings. The Morgan fingerprint density at radius 2 is 1.27 bits per heavy atom. The number of alkyl halides is 4. The Morgan fingerprint density at radius 1 is 0.933 bits per heavy atom. The molecule has 86 valence electrons. The van der Waals surface area contributed by atoms with Crippen molar-refractivity contribution in [2.45, 2.75) is 3.25 Å². The van der Waals surface area contributed by atoms with Gasteiger partial charge in [-0.05, 0) is 34.6 Å². The maximum absolute atomic E-state index is 10.9. The Bertz CT molecular complexity index is 323. The zero-order valence-corrected chi connectivity index (χ0v) is 12.4. The lowest BCUT2D eigenvalue weighted by Gasteiger charge is -1.98. The van der Waals surface area contributed by atoms with Gasteiger partial charge in [0.05, 0.1) is 0 Å². The minimum absolute atomic E-state index is 0.485. The van der Waals surface area contributed by atoms with Gasteiger partial charge < -0.3 is 0 Å². The van der Waals surface area contributed by atoms with Gasteiger partial charge in [0, 0.05) is 5.30 Å². The van der Waals surface area contributed by atoms with E-state index < -0.39 is 9.10 Å². The van der Waals surface area contributed by atoms with Gasteiger partial charge in [0.15, 0.2) is 0 Å². The molecule has 1 aromatic carbocycles. The van der Waals surface area contributed by atoms with Crippen molar-refractivity contribution in [1.82, 2.24) is 0 Å². The molecule has 8 heteroatoms. The molecule has 0 aromatic heterocycles. The monoisotopic (exact) mass is 346 g/mol. The first-order valence-electron chi connectivity index (χ1n) is 3.41. The highest BCUT2D eigenvalue weighted by Crippen LogP contribution is 2.54. The van der Waals surface area contributed by atoms with E-state index in [1.165, 1.54) is 0 Å². The summed E-state index contributed by atoms with van der Waals surface area (Å²) in [4.78, 5) is 0. The fraction of sp³-hybridized carbons (Fsp3) is 0.143. The third kappa shape index (κ3) is 11.5. The van der Waals surface area contributed by atoms with Crippen LogP contribution in [0.2, 0.25) is 0 Å². The fourth-order valence-corrected chi connectivity index (χ4v) is 1.80. The molecular weight excluding hydrogens is 344 g/mol. The predicted molar refractivity (Wildman–Crippen MR) is 71.5 cm³/mol. The van der Waals surface area contributed by atoms with E-state index in [0.29, 0.717) is 5.30 Å². The minimum Gasteiger partial charge on any atom is -0.284 e. The summed E-state index contributed by atoms with van der Waals surface area (Å²) in [5.74, 6) is -3.07. The molecule has 0 radical (unpaired) electrons. The van der Waals surface area contributed by atoms with Gasteiger partial charge in [-0.15, -0.1) is 0 Å². The van der Waals surface area contributed by atoms with Gasteiger partial charge in [-0.25, -0.2) is 0 Å². The van der Waals surface area contributed by atoms with Gasteiger partial charge in [0.25, 0.3) is 9.10 Å². The lowest BCUT2D eigenvalue weighted by atomic mass is 10.4. The van der Waals surface area contributed by atoms with Gasteiger partial charge in [-0.2, -0.15) is 0 Å². The predicted octanol–water partition coefficient (Wildman–Crippen LogP) is 5.54. The van der Waals surface area contributed by atoms with Crippen LogP contribution in [-0.4, -0.2) is 3.25 Å². The molecule has 0 spiro atoms. The Kier molecular flexibility index (Phi) is 7.35. The van der Waals surface area contributed by atoms with E-state index in [2.05, 4.69) is 0 Å². The molecule has 1 nitrogen and oxygen atoms in total. The number of hydrogen-bond donors (Lipinski definition) is 0. The Hall–Kier alpha value is 1.19. The van der Waals surface area contributed by atoms with Crippen LogP contribution in [-0.2, 0) is 4.57 Å². The first kappa shape index (κ1) is 16.2. The van der Waals surface area contributed by atoms with Crippen LogP contribution in [0, 0.1) is 0 Å². The third-order valence-corrected chi connectivity index (χ3v) is 3.13. The molecule has 0 saturated carbocycles. The first-order chi connectivity index (χ1) is 6.61. The van der Waals surface area contributed by atoms with Crippen LogP contribution in [0.3, 0.4) is 0 Å². The van der Waals surface area contributed by atoms with Gasteiger partial charge in [-0.3, -0.25) is 4.57 Å². The second-order valence-corrected chi connectivity index (χ2v) is 10.5. The quantitative estimate of drug-likeness (QED) is 0.481. The number of benzene rings is 1. The zero-order chi connectivity index (χ0) is 12.1.